The molecule has 0 rings (SSSR count). The average Bonchev–Trinajstić information content (AvgIpc) is 2.61. The molecular weight excluding hydrogens is 402 g/mol. The molecule has 0 unspecified atom stereocenters. The fourth-order valence-electron chi connectivity index (χ4n) is 3.78. The van der Waals surface area contributed by atoms with Gasteiger partial charge < -0.3 is 19.7 Å². The van der Waals surface area contributed by atoms with Gasteiger partial charge >= 0.3 is 8.80 Å². The lowest BCUT2D eigenvalue weighted by atomic mass is 9.95. The minimum absolute atomic E-state index is 0. The third kappa shape index (κ3) is 26.3. The zero-order valence-electron chi connectivity index (χ0n) is 19.7. The van der Waals surface area contributed by atoms with Crippen LogP contribution in [-0.4, -0.2) is 35.3 Å². The van der Waals surface area contributed by atoms with Gasteiger partial charge in [0.05, 0.1) is 0 Å². The maximum Gasteiger partial charge on any atom is 0.492 e. The van der Waals surface area contributed by atoms with Gasteiger partial charge in [-0.15, -0.1) is 12.4 Å². The third-order valence-electron chi connectivity index (χ3n) is 5.70. The molecule has 0 spiro atoms. The average molecular weight is 454 g/mol. The van der Waals surface area contributed by atoms with Crippen LogP contribution in [0.4, 0.5) is 0 Å². The Kier molecular flexibility index (Phi) is 22.0. The topological polar surface area (TPSA) is 72.7 Å². The van der Waals surface area contributed by atoms with Gasteiger partial charge in [-0.25, -0.2) is 0 Å². The van der Waals surface area contributed by atoms with Gasteiger partial charge in [-0.05, 0) is 33.2 Å². The summed E-state index contributed by atoms with van der Waals surface area (Å²) < 4.78 is 0. The second kappa shape index (κ2) is 20.3. The van der Waals surface area contributed by atoms with Crippen LogP contribution in [0, 0.1) is 0 Å². The van der Waals surface area contributed by atoms with E-state index in [0.717, 1.165) is 13.0 Å². The van der Waals surface area contributed by atoms with Crippen LogP contribution >= 0.6 is 12.4 Å². The maximum atomic E-state index is 9.02. The molecule has 4 N–H and O–H groups in total. The molecule has 0 aliphatic heterocycles. The van der Waals surface area contributed by atoms with E-state index in [4.69, 9.17) is 14.4 Å². The summed E-state index contributed by atoms with van der Waals surface area (Å²) in [6, 6.07) is 0.120. The Morgan fingerprint density at radius 2 is 1.00 bits per heavy atom. The van der Waals surface area contributed by atoms with Crippen LogP contribution in [0.5, 0.6) is 0 Å². The normalized spacial score (nSPS) is 12.2. The molecular formula is C23H52ClNO3Si. The maximum absolute atomic E-state index is 9.02. The summed E-state index contributed by atoms with van der Waals surface area (Å²) in [5.74, 6) is 0. The molecule has 0 amide bonds. The second-order valence-corrected chi connectivity index (χ2v) is 11.4. The van der Waals surface area contributed by atoms with Crippen molar-refractivity contribution in [2.45, 2.75) is 142 Å². The highest BCUT2D eigenvalue weighted by Crippen LogP contribution is 2.17. The van der Waals surface area contributed by atoms with Crippen molar-refractivity contribution in [3.8, 4) is 0 Å². The number of hydrogen-bond donors (Lipinski definition) is 4. The molecule has 0 heterocycles. The molecule has 0 aliphatic carbocycles. The summed E-state index contributed by atoms with van der Waals surface area (Å²) >= 11 is 0. The van der Waals surface area contributed by atoms with Crippen molar-refractivity contribution in [3.05, 3.63) is 0 Å². The van der Waals surface area contributed by atoms with E-state index in [1.165, 1.54) is 96.3 Å². The molecule has 178 valence electrons. The van der Waals surface area contributed by atoms with Gasteiger partial charge in [0, 0.05) is 11.6 Å². The van der Waals surface area contributed by atoms with E-state index in [1.807, 2.05) is 0 Å². The molecule has 6 heteroatoms. The Hall–Kier alpha value is 0.347. The summed E-state index contributed by atoms with van der Waals surface area (Å²) in [5.41, 5.74) is 0.0844. The van der Waals surface area contributed by atoms with E-state index >= 15 is 0 Å². The van der Waals surface area contributed by atoms with Crippen LogP contribution in [-0.2, 0) is 0 Å². The van der Waals surface area contributed by atoms with Gasteiger partial charge in [-0.2, -0.15) is 0 Å². The largest absolute Gasteiger partial charge is 0.492 e. The van der Waals surface area contributed by atoms with Crippen molar-refractivity contribution in [3.63, 3.8) is 0 Å². The summed E-state index contributed by atoms with van der Waals surface area (Å²) in [6.07, 6.45) is 22.6. The quantitative estimate of drug-likeness (QED) is 0.121. The third-order valence-corrected chi connectivity index (χ3v) is 6.72. The second-order valence-electron chi connectivity index (χ2n) is 9.39. The van der Waals surface area contributed by atoms with Gasteiger partial charge in [0.25, 0.3) is 0 Å². The minimum Gasteiger partial charge on any atom is -0.390 e. The lowest BCUT2D eigenvalue weighted by Gasteiger charge is -2.26. The van der Waals surface area contributed by atoms with Gasteiger partial charge in [-0.3, -0.25) is 0 Å². The summed E-state index contributed by atoms with van der Waals surface area (Å²) in [5, 5.41) is 3.47. The van der Waals surface area contributed by atoms with Crippen LogP contribution < -0.4 is 5.32 Å². The zero-order chi connectivity index (χ0) is 21.1. The first-order valence-corrected chi connectivity index (χ1v) is 14.2. The number of nitrogens with one attached hydrogen (secondary N) is 1. The van der Waals surface area contributed by atoms with E-state index in [0.29, 0.717) is 6.42 Å². The van der Waals surface area contributed by atoms with Crippen molar-refractivity contribution >= 4 is 21.2 Å². The highest BCUT2D eigenvalue weighted by atomic mass is 35.5. The molecule has 0 saturated carbocycles. The van der Waals surface area contributed by atoms with Crippen molar-refractivity contribution in [2.75, 3.05) is 6.54 Å². The monoisotopic (exact) mass is 453 g/mol. The molecule has 0 saturated heterocycles. The zero-order valence-corrected chi connectivity index (χ0v) is 21.5. The van der Waals surface area contributed by atoms with Crippen LogP contribution in [0.1, 0.15) is 130 Å². The van der Waals surface area contributed by atoms with E-state index < -0.39 is 8.80 Å². The van der Waals surface area contributed by atoms with Crippen LogP contribution in [0.3, 0.4) is 0 Å². The van der Waals surface area contributed by atoms with E-state index in [9.17, 15) is 0 Å². The minimum atomic E-state index is -3.86. The smallest absolute Gasteiger partial charge is 0.390 e. The molecule has 0 aromatic carbocycles. The summed E-state index contributed by atoms with van der Waals surface area (Å²) in [7, 11) is -3.86. The van der Waals surface area contributed by atoms with Crippen molar-refractivity contribution in [1.29, 1.82) is 0 Å². The molecule has 0 bridgehead atoms. The molecule has 0 aromatic heterocycles. The molecule has 29 heavy (non-hydrogen) atoms. The van der Waals surface area contributed by atoms with Crippen molar-refractivity contribution in [1.82, 2.24) is 5.32 Å². The van der Waals surface area contributed by atoms with Crippen molar-refractivity contribution < 1.29 is 14.4 Å². The molecule has 0 radical (unpaired) electrons. The number of unbranched alkanes of at least 4 members (excludes halogenated alkanes) is 14. The molecule has 0 atom stereocenters. The predicted molar refractivity (Wildman–Crippen MR) is 131 cm³/mol. The first-order chi connectivity index (χ1) is 13.3. The lowest BCUT2D eigenvalue weighted by molar-refractivity contribution is 0.225. The predicted octanol–water partition coefficient (Wildman–Crippen LogP) is 6.34. The SMILES string of the molecule is CCCCCCCCCCCCCCCCCC(C)(C)NCCC[Si](O)(O)O.Cl. The number of hydrogen-bond acceptors (Lipinski definition) is 4. The highest BCUT2D eigenvalue weighted by molar-refractivity contribution is 6.56. The summed E-state index contributed by atoms with van der Waals surface area (Å²) in [4.78, 5) is 27.1. The molecule has 0 aliphatic rings. The van der Waals surface area contributed by atoms with Crippen LogP contribution in [0.15, 0.2) is 0 Å². The lowest BCUT2D eigenvalue weighted by Crippen LogP contribution is -2.41. The highest BCUT2D eigenvalue weighted by Gasteiger charge is 2.26. The Morgan fingerprint density at radius 3 is 1.38 bits per heavy atom. The van der Waals surface area contributed by atoms with Crippen molar-refractivity contribution in [2.24, 2.45) is 0 Å². The standard InChI is InChI=1S/C23H51NO3Si.ClH/c1-4-5-6-7-8-9-10-11-12-13-14-15-16-17-18-20-23(2,3)24-21-19-22-28(25,26)27;/h24-27H,4-22H2,1-3H3;1H. The van der Waals surface area contributed by atoms with Gasteiger partial charge in [0.15, 0.2) is 0 Å². The Labute approximate surface area is 189 Å². The van der Waals surface area contributed by atoms with Gasteiger partial charge in [0.1, 0.15) is 0 Å². The number of rotatable bonds is 21. The Morgan fingerprint density at radius 1 is 0.621 bits per heavy atom. The van der Waals surface area contributed by atoms with E-state index in [2.05, 4.69) is 26.1 Å². The fourth-order valence-corrected chi connectivity index (χ4v) is 4.43. The van der Waals surface area contributed by atoms with Gasteiger partial charge in [0.2, 0.25) is 0 Å². The molecule has 0 fully saturated rings. The number of halogens is 1. The van der Waals surface area contributed by atoms with Gasteiger partial charge in [-0.1, -0.05) is 103 Å². The summed E-state index contributed by atoms with van der Waals surface area (Å²) in [6.45, 7) is 7.42. The first kappa shape index (κ1) is 31.5. The Balaban J connectivity index is 0. The molecule has 4 nitrogen and oxygen atoms in total. The first-order valence-electron chi connectivity index (χ1n) is 12.2. The van der Waals surface area contributed by atoms with E-state index in [-0.39, 0.29) is 24.0 Å². The molecule has 0 aromatic rings. The fraction of sp³-hybridized carbons (Fsp3) is 1.00. The van der Waals surface area contributed by atoms with E-state index in [1.54, 1.807) is 0 Å². The Bertz CT molecular complexity index is 339. The van der Waals surface area contributed by atoms with Crippen LogP contribution in [0.2, 0.25) is 6.04 Å². The van der Waals surface area contributed by atoms with Crippen LogP contribution in [0.25, 0.3) is 0 Å².